The Kier molecular flexibility index (Phi) is 4.91. The minimum atomic E-state index is 0.282. The summed E-state index contributed by atoms with van der Waals surface area (Å²) in [4.78, 5) is 19.6. The van der Waals surface area contributed by atoms with Crippen LogP contribution in [0, 0.1) is 5.92 Å². The minimum absolute atomic E-state index is 0.282. The third-order valence-corrected chi connectivity index (χ3v) is 5.74. The van der Waals surface area contributed by atoms with Gasteiger partial charge in [-0.1, -0.05) is 24.6 Å². The van der Waals surface area contributed by atoms with Gasteiger partial charge in [0.2, 0.25) is 5.91 Å². The van der Waals surface area contributed by atoms with Gasteiger partial charge in [-0.05, 0) is 49.9 Å². The van der Waals surface area contributed by atoms with Gasteiger partial charge in [-0.2, -0.15) is 0 Å². The van der Waals surface area contributed by atoms with E-state index in [4.69, 9.17) is 9.72 Å². The molecule has 1 aliphatic heterocycles. The van der Waals surface area contributed by atoms with E-state index in [0.29, 0.717) is 11.8 Å². The molecule has 1 aromatic carbocycles. The maximum Gasteiger partial charge on any atom is 0.225 e. The maximum absolute atomic E-state index is 12.6. The Labute approximate surface area is 155 Å². The van der Waals surface area contributed by atoms with Crippen molar-refractivity contribution in [3.8, 4) is 17.0 Å². The molecule has 26 heavy (non-hydrogen) atoms. The Balaban J connectivity index is 1.52. The van der Waals surface area contributed by atoms with Gasteiger partial charge >= 0.3 is 0 Å². The number of methoxy groups -OCH3 is 1. The summed E-state index contributed by atoms with van der Waals surface area (Å²) in [7, 11) is 1.68. The van der Waals surface area contributed by atoms with Crippen molar-refractivity contribution in [3.05, 3.63) is 48.2 Å². The molecule has 136 valence electrons. The number of hydrogen-bond donors (Lipinski definition) is 0. The SMILES string of the molecule is COc1cccc(-c2cccc(C3CCCN(C(=O)C4CCC4)C3)n2)c1. The van der Waals surface area contributed by atoms with Gasteiger partial charge in [0.05, 0.1) is 12.8 Å². The smallest absolute Gasteiger partial charge is 0.225 e. The molecule has 2 heterocycles. The summed E-state index contributed by atoms with van der Waals surface area (Å²) in [6, 6.07) is 14.2. The Hall–Kier alpha value is -2.36. The van der Waals surface area contributed by atoms with Crippen molar-refractivity contribution in [1.29, 1.82) is 0 Å². The number of amides is 1. The number of nitrogens with zero attached hydrogens (tertiary/aromatic N) is 2. The van der Waals surface area contributed by atoms with Crippen LogP contribution in [0.15, 0.2) is 42.5 Å². The van der Waals surface area contributed by atoms with Crippen LogP contribution in [0.5, 0.6) is 5.75 Å². The first-order valence-electron chi connectivity index (χ1n) is 9.65. The monoisotopic (exact) mass is 350 g/mol. The van der Waals surface area contributed by atoms with E-state index in [1.807, 2.05) is 24.3 Å². The number of carbonyl (C=O) groups excluding carboxylic acids is 1. The second-order valence-corrected chi connectivity index (χ2v) is 7.43. The van der Waals surface area contributed by atoms with Crippen LogP contribution >= 0.6 is 0 Å². The van der Waals surface area contributed by atoms with Crippen LogP contribution in [0.4, 0.5) is 0 Å². The molecule has 2 aromatic rings. The zero-order valence-corrected chi connectivity index (χ0v) is 15.4. The van der Waals surface area contributed by atoms with Crippen LogP contribution in [0.3, 0.4) is 0 Å². The second kappa shape index (κ2) is 7.48. The number of hydrogen-bond acceptors (Lipinski definition) is 3. The largest absolute Gasteiger partial charge is 0.497 e. The zero-order valence-electron chi connectivity index (χ0n) is 15.4. The third-order valence-electron chi connectivity index (χ3n) is 5.74. The van der Waals surface area contributed by atoms with Crippen molar-refractivity contribution in [3.63, 3.8) is 0 Å². The van der Waals surface area contributed by atoms with Crippen LogP contribution in [-0.4, -0.2) is 36.0 Å². The summed E-state index contributed by atoms with van der Waals surface area (Å²) in [5, 5.41) is 0. The summed E-state index contributed by atoms with van der Waals surface area (Å²) in [6.45, 7) is 1.71. The third kappa shape index (κ3) is 3.46. The molecule has 0 N–H and O–H groups in total. The zero-order chi connectivity index (χ0) is 17.9. The predicted molar refractivity (Wildman–Crippen MR) is 102 cm³/mol. The molecule has 1 saturated heterocycles. The molecule has 0 bridgehead atoms. The van der Waals surface area contributed by atoms with E-state index in [1.54, 1.807) is 7.11 Å². The number of benzene rings is 1. The van der Waals surface area contributed by atoms with E-state index in [9.17, 15) is 4.79 Å². The van der Waals surface area contributed by atoms with Gasteiger partial charge in [0.15, 0.2) is 0 Å². The average Bonchev–Trinajstić information content (AvgIpc) is 2.67. The van der Waals surface area contributed by atoms with Crippen LogP contribution in [0.25, 0.3) is 11.3 Å². The lowest BCUT2D eigenvalue weighted by Crippen LogP contribution is -2.44. The molecule has 0 radical (unpaired) electrons. The highest BCUT2D eigenvalue weighted by molar-refractivity contribution is 5.79. The molecule has 2 aliphatic rings. The first-order valence-corrected chi connectivity index (χ1v) is 9.65. The molecule has 1 atom stereocenters. The highest BCUT2D eigenvalue weighted by atomic mass is 16.5. The molecule has 1 amide bonds. The summed E-state index contributed by atoms with van der Waals surface area (Å²) in [5.74, 6) is 1.82. The van der Waals surface area contributed by atoms with Gasteiger partial charge in [0.1, 0.15) is 5.75 Å². The molecule has 1 aromatic heterocycles. The topological polar surface area (TPSA) is 42.4 Å². The number of rotatable bonds is 4. The number of piperidine rings is 1. The molecular weight excluding hydrogens is 324 g/mol. The fourth-order valence-electron chi connectivity index (χ4n) is 3.95. The Morgan fingerprint density at radius 3 is 2.73 bits per heavy atom. The van der Waals surface area contributed by atoms with E-state index < -0.39 is 0 Å². The quantitative estimate of drug-likeness (QED) is 0.827. The van der Waals surface area contributed by atoms with Crippen molar-refractivity contribution in [2.75, 3.05) is 20.2 Å². The number of likely N-dealkylation sites (tertiary alicyclic amines) is 1. The first kappa shape index (κ1) is 17.1. The van der Waals surface area contributed by atoms with Gasteiger partial charge in [-0.25, -0.2) is 0 Å². The van der Waals surface area contributed by atoms with Crippen molar-refractivity contribution in [2.24, 2.45) is 5.92 Å². The van der Waals surface area contributed by atoms with Gasteiger partial charge in [-0.3, -0.25) is 9.78 Å². The van der Waals surface area contributed by atoms with Crippen LogP contribution in [0.1, 0.15) is 43.7 Å². The second-order valence-electron chi connectivity index (χ2n) is 7.43. The van der Waals surface area contributed by atoms with Crippen molar-refractivity contribution >= 4 is 5.91 Å². The normalized spacial score (nSPS) is 20.5. The molecule has 4 heteroatoms. The molecular formula is C22H26N2O2. The fourth-order valence-corrected chi connectivity index (χ4v) is 3.95. The number of pyridine rings is 1. The van der Waals surface area contributed by atoms with E-state index in [-0.39, 0.29) is 5.92 Å². The van der Waals surface area contributed by atoms with Gasteiger partial charge < -0.3 is 9.64 Å². The van der Waals surface area contributed by atoms with E-state index >= 15 is 0 Å². The summed E-state index contributed by atoms with van der Waals surface area (Å²) >= 11 is 0. The van der Waals surface area contributed by atoms with Crippen molar-refractivity contribution in [2.45, 2.75) is 38.0 Å². The lowest BCUT2D eigenvalue weighted by atomic mass is 9.83. The van der Waals surface area contributed by atoms with Gasteiger partial charge in [-0.15, -0.1) is 0 Å². The van der Waals surface area contributed by atoms with Crippen molar-refractivity contribution in [1.82, 2.24) is 9.88 Å². The maximum atomic E-state index is 12.6. The molecule has 4 rings (SSSR count). The van der Waals surface area contributed by atoms with Crippen molar-refractivity contribution < 1.29 is 9.53 Å². The lowest BCUT2D eigenvalue weighted by molar-refractivity contribution is -0.139. The van der Waals surface area contributed by atoms with Gasteiger partial charge in [0.25, 0.3) is 0 Å². The number of aromatic nitrogens is 1. The van der Waals surface area contributed by atoms with E-state index in [1.165, 1.54) is 6.42 Å². The Bertz CT molecular complexity index is 785. The predicted octanol–water partition coefficient (Wildman–Crippen LogP) is 4.26. The standard InChI is InChI=1S/C22H26N2O2/c1-26-19-10-3-8-17(14-19)20-11-4-12-21(23-20)18-9-5-13-24(15-18)22(25)16-6-2-7-16/h3-4,8,10-12,14,16,18H,2,5-7,9,13,15H2,1H3. The Morgan fingerprint density at radius 1 is 1.12 bits per heavy atom. The summed E-state index contributed by atoms with van der Waals surface area (Å²) in [6.07, 6.45) is 5.52. The minimum Gasteiger partial charge on any atom is -0.497 e. The lowest BCUT2D eigenvalue weighted by Gasteiger charge is -2.37. The highest BCUT2D eigenvalue weighted by Crippen LogP contribution is 2.33. The van der Waals surface area contributed by atoms with Gasteiger partial charge in [0, 0.05) is 36.2 Å². The molecule has 4 nitrogen and oxygen atoms in total. The number of ether oxygens (including phenoxy) is 1. The highest BCUT2D eigenvalue weighted by Gasteiger charge is 2.32. The molecule has 1 unspecified atom stereocenters. The van der Waals surface area contributed by atoms with Crippen LogP contribution < -0.4 is 4.74 Å². The molecule has 0 spiro atoms. The van der Waals surface area contributed by atoms with Crippen LogP contribution in [0.2, 0.25) is 0 Å². The molecule has 1 aliphatic carbocycles. The van der Waals surface area contributed by atoms with E-state index in [2.05, 4.69) is 23.1 Å². The first-order chi connectivity index (χ1) is 12.7. The van der Waals surface area contributed by atoms with Crippen LogP contribution in [-0.2, 0) is 4.79 Å². The summed E-state index contributed by atoms with van der Waals surface area (Å²) < 4.78 is 5.33. The number of carbonyl (C=O) groups is 1. The molecule has 1 saturated carbocycles. The molecule has 2 fully saturated rings. The Morgan fingerprint density at radius 2 is 1.96 bits per heavy atom. The van der Waals surface area contributed by atoms with E-state index in [0.717, 1.165) is 61.5 Å². The fraction of sp³-hybridized carbons (Fsp3) is 0.455. The summed E-state index contributed by atoms with van der Waals surface area (Å²) in [5.41, 5.74) is 3.12. The average molecular weight is 350 g/mol.